The Kier molecular flexibility index (Phi) is 8.95. The van der Waals surface area contributed by atoms with Gasteiger partial charge in [0, 0.05) is 11.6 Å². The van der Waals surface area contributed by atoms with Crippen molar-refractivity contribution in [3.63, 3.8) is 0 Å². The van der Waals surface area contributed by atoms with Crippen LogP contribution < -0.4 is 15.4 Å². The second kappa shape index (κ2) is 10.2. The summed E-state index contributed by atoms with van der Waals surface area (Å²) in [7, 11) is 0. The molecule has 1 aliphatic rings. The number of hydrogen-bond acceptors (Lipinski definition) is 3. The monoisotopic (exact) mass is 366 g/mol. The van der Waals surface area contributed by atoms with Crippen LogP contribution in [0.2, 0.25) is 10.0 Å². The van der Waals surface area contributed by atoms with Crippen LogP contribution in [0.25, 0.3) is 0 Å². The molecule has 1 unspecified atom stereocenters. The summed E-state index contributed by atoms with van der Waals surface area (Å²) in [5, 5.41) is 7.18. The van der Waals surface area contributed by atoms with Crippen LogP contribution in [-0.2, 0) is 4.79 Å². The van der Waals surface area contributed by atoms with Crippen molar-refractivity contribution in [1.29, 1.82) is 0 Å². The molecule has 2 rings (SSSR count). The molecule has 1 aromatic carbocycles. The summed E-state index contributed by atoms with van der Waals surface area (Å²) in [6.45, 7) is 2.80. The number of benzene rings is 1. The van der Waals surface area contributed by atoms with E-state index >= 15 is 0 Å². The van der Waals surface area contributed by atoms with Gasteiger partial charge in [0.25, 0.3) is 5.91 Å². The van der Waals surface area contributed by atoms with Gasteiger partial charge in [0.1, 0.15) is 5.75 Å². The van der Waals surface area contributed by atoms with Crippen LogP contribution in [-0.4, -0.2) is 32.1 Å². The van der Waals surface area contributed by atoms with E-state index in [2.05, 4.69) is 10.6 Å². The van der Waals surface area contributed by atoms with Crippen LogP contribution in [0.3, 0.4) is 0 Å². The highest BCUT2D eigenvalue weighted by atomic mass is 35.5. The van der Waals surface area contributed by atoms with E-state index in [0.29, 0.717) is 28.3 Å². The highest BCUT2D eigenvalue weighted by Gasteiger charge is 2.13. The fourth-order valence-electron chi connectivity index (χ4n) is 2.37. The molecule has 0 aromatic heterocycles. The molecule has 0 aliphatic carbocycles. The van der Waals surface area contributed by atoms with Crippen molar-refractivity contribution >= 4 is 41.5 Å². The van der Waals surface area contributed by atoms with E-state index < -0.39 is 0 Å². The summed E-state index contributed by atoms with van der Waals surface area (Å²) < 4.78 is 5.38. The van der Waals surface area contributed by atoms with E-state index in [4.69, 9.17) is 27.9 Å². The Morgan fingerprint density at radius 1 is 1.41 bits per heavy atom. The number of ether oxygens (including phenoxy) is 1. The maximum atomic E-state index is 11.7. The topological polar surface area (TPSA) is 50.4 Å². The first-order valence-electron chi connectivity index (χ1n) is 7.20. The molecule has 0 spiro atoms. The van der Waals surface area contributed by atoms with Gasteiger partial charge in [-0.05, 0) is 56.5 Å². The molecule has 124 valence electrons. The lowest BCUT2D eigenvalue weighted by Gasteiger charge is -2.22. The van der Waals surface area contributed by atoms with Crippen molar-refractivity contribution in [2.24, 2.45) is 5.92 Å². The Bertz CT molecular complexity index is 480. The standard InChI is InChI=1S/C15H20Cl2N2O2.ClH/c16-12-3-4-14(13(17)8-12)21-10-15(20)19-7-5-11-2-1-6-18-9-11;/h3-4,8,11,18H,1-2,5-7,9-10H2,(H,19,20);1H. The zero-order valence-corrected chi connectivity index (χ0v) is 14.6. The fourth-order valence-corrected chi connectivity index (χ4v) is 2.84. The molecule has 1 aromatic rings. The van der Waals surface area contributed by atoms with Crippen LogP contribution >= 0.6 is 35.6 Å². The normalized spacial score (nSPS) is 17.5. The Labute approximate surface area is 147 Å². The third-order valence-corrected chi connectivity index (χ3v) is 4.06. The fraction of sp³-hybridized carbons (Fsp3) is 0.533. The third kappa shape index (κ3) is 6.61. The van der Waals surface area contributed by atoms with Crippen molar-refractivity contribution in [2.45, 2.75) is 19.3 Å². The lowest BCUT2D eigenvalue weighted by Crippen LogP contribution is -2.34. The van der Waals surface area contributed by atoms with E-state index in [-0.39, 0.29) is 24.9 Å². The zero-order valence-electron chi connectivity index (χ0n) is 12.2. The van der Waals surface area contributed by atoms with Gasteiger partial charge in [-0.2, -0.15) is 0 Å². The predicted molar refractivity (Wildman–Crippen MR) is 92.4 cm³/mol. The van der Waals surface area contributed by atoms with Crippen LogP contribution in [0.4, 0.5) is 0 Å². The summed E-state index contributed by atoms with van der Waals surface area (Å²) in [5.74, 6) is 0.989. The highest BCUT2D eigenvalue weighted by molar-refractivity contribution is 6.35. The molecule has 22 heavy (non-hydrogen) atoms. The van der Waals surface area contributed by atoms with Crippen LogP contribution in [0.5, 0.6) is 5.75 Å². The predicted octanol–water partition coefficient (Wildman–Crippen LogP) is 3.30. The maximum absolute atomic E-state index is 11.7. The molecule has 1 aliphatic heterocycles. The van der Waals surface area contributed by atoms with Crippen molar-refractivity contribution in [3.8, 4) is 5.75 Å². The van der Waals surface area contributed by atoms with Gasteiger partial charge in [-0.25, -0.2) is 0 Å². The smallest absolute Gasteiger partial charge is 0.257 e. The lowest BCUT2D eigenvalue weighted by atomic mass is 9.96. The first-order valence-corrected chi connectivity index (χ1v) is 7.96. The van der Waals surface area contributed by atoms with Gasteiger partial charge >= 0.3 is 0 Å². The SMILES string of the molecule is Cl.O=C(COc1ccc(Cl)cc1Cl)NCCC1CCCNC1. The molecule has 1 fully saturated rings. The van der Waals surface area contributed by atoms with Gasteiger partial charge in [0.15, 0.2) is 6.61 Å². The number of hydrogen-bond donors (Lipinski definition) is 2. The van der Waals surface area contributed by atoms with Gasteiger partial charge in [-0.1, -0.05) is 23.2 Å². The van der Waals surface area contributed by atoms with E-state index in [1.807, 2.05) is 0 Å². The molecule has 2 N–H and O–H groups in total. The second-order valence-corrected chi connectivity index (χ2v) is 6.06. The van der Waals surface area contributed by atoms with E-state index in [1.165, 1.54) is 12.8 Å². The number of halogens is 3. The van der Waals surface area contributed by atoms with Crippen molar-refractivity contribution < 1.29 is 9.53 Å². The van der Waals surface area contributed by atoms with Crippen LogP contribution in [0, 0.1) is 5.92 Å². The minimum atomic E-state index is -0.134. The third-order valence-electron chi connectivity index (χ3n) is 3.53. The summed E-state index contributed by atoms with van der Waals surface area (Å²) in [6, 6.07) is 4.93. The van der Waals surface area contributed by atoms with Gasteiger partial charge in [-0.3, -0.25) is 4.79 Å². The number of nitrogens with one attached hydrogen (secondary N) is 2. The number of carbonyl (C=O) groups excluding carboxylic acids is 1. The Hall–Kier alpha value is -0.680. The van der Waals surface area contributed by atoms with Crippen LogP contribution in [0.15, 0.2) is 18.2 Å². The molecule has 0 bridgehead atoms. The Balaban J connectivity index is 0.00000242. The highest BCUT2D eigenvalue weighted by Crippen LogP contribution is 2.27. The minimum Gasteiger partial charge on any atom is -0.482 e. The van der Waals surface area contributed by atoms with E-state index in [9.17, 15) is 4.79 Å². The molecule has 4 nitrogen and oxygen atoms in total. The van der Waals surface area contributed by atoms with Crippen molar-refractivity contribution in [2.75, 3.05) is 26.2 Å². The molecule has 0 radical (unpaired) electrons. The average molecular weight is 368 g/mol. The molecule has 1 heterocycles. The summed E-state index contributed by atoms with van der Waals surface area (Å²) in [4.78, 5) is 11.7. The number of amides is 1. The zero-order chi connectivity index (χ0) is 15.1. The van der Waals surface area contributed by atoms with E-state index in [0.717, 1.165) is 19.5 Å². The average Bonchev–Trinajstić information content (AvgIpc) is 2.47. The molecule has 1 amide bonds. The maximum Gasteiger partial charge on any atom is 0.257 e. The van der Waals surface area contributed by atoms with Crippen molar-refractivity contribution in [3.05, 3.63) is 28.2 Å². The number of piperidine rings is 1. The van der Waals surface area contributed by atoms with Crippen molar-refractivity contribution in [1.82, 2.24) is 10.6 Å². The molecule has 1 saturated heterocycles. The largest absolute Gasteiger partial charge is 0.482 e. The Morgan fingerprint density at radius 3 is 2.91 bits per heavy atom. The van der Waals surface area contributed by atoms with Gasteiger partial charge in [-0.15, -0.1) is 12.4 Å². The summed E-state index contributed by atoms with van der Waals surface area (Å²) >= 11 is 11.8. The van der Waals surface area contributed by atoms with Crippen LogP contribution in [0.1, 0.15) is 19.3 Å². The molecular formula is C15H21Cl3N2O2. The lowest BCUT2D eigenvalue weighted by molar-refractivity contribution is -0.123. The first kappa shape index (κ1) is 19.4. The second-order valence-electron chi connectivity index (χ2n) is 5.21. The quantitative estimate of drug-likeness (QED) is 0.811. The van der Waals surface area contributed by atoms with Gasteiger partial charge < -0.3 is 15.4 Å². The summed E-state index contributed by atoms with van der Waals surface area (Å²) in [5.41, 5.74) is 0. The Morgan fingerprint density at radius 2 is 2.23 bits per heavy atom. The molecular weight excluding hydrogens is 347 g/mol. The van der Waals surface area contributed by atoms with Gasteiger partial charge in [0.2, 0.25) is 0 Å². The minimum absolute atomic E-state index is 0. The summed E-state index contributed by atoms with van der Waals surface area (Å²) in [6.07, 6.45) is 3.46. The molecule has 7 heteroatoms. The first-order chi connectivity index (χ1) is 10.1. The number of rotatable bonds is 6. The molecule has 1 atom stereocenters. The van der Waals surface area contributed by atoms with E-state index in [1.54, 1.807) is 18.2 Å². The number of carbonyl (C=O) groups is 1. The van der Waals surface area contributed by atoms with Gasteiger partial charge in [0.05, 0.1) is 5.02 Å². The molecule has 0 saturated carbocycles.